The van der Waals surface area contributed by atoms with Crippen molar-refractivity contribution in [2.45, 2.75) is 38.3 Å². The van der Waals surface area contributed by atoms with Gasteiger partial charge in [0, 0.05) is 25.3 Å². The molecule has 4 rings (SSSR count). The fraction of sp³-hybridized carbons (Fsp3) is 0.600. The summed E-state index contributed by atoms with van der Waals surface area (Å²) in [7, 11) is 0. The lowest BCUT2D eigenvalue weighted by molar-refractivity contribution is -0.124. The molecule has 2 aliphatic heterocycles. The summed E-state index contributed by atoms with van der Waals surface area (Å²) in [6.07, 6.45) is 4.30. The molecular formula is C20H28N4O2. The van der Waals surface area contributed by atoms with E-state index in [4.69, 9.17) is 5.73 Å². The van der Waals surface area contributed by atoms with E-state index in [9.17, 15) is 9.59 Å². The number of nitrogens with one attached hydrogen (secondary N) is 2. The van der Waals surface area contributed by atoms with E-state index in [0.29, 0.717) is 24.9 Å². The molecule has 6 nitrogen and oxygen atoms in total. The predicted octanol–water partition coefficient (Wildman–Crippen LogP) is 1.00. The molecule has 3 fully saturated rings. The third kappa shape index (κ3) is 3.43. The molecule has 2 saturated heterocycles. The quantitative estimate of drug-likeness (QED) is 0.735. The number of rotatable bonds is 5. The third-order valence-electron chi connectivity index (χ3n) is 6.38. The third-order valence-corrected chi connectivity index (χ3v) is 6.38. The molecule has 0 bridgehead atoms. The second kappa shape index (κ2) is 7.27. The highest BCUT2D eigenvalue weighted by Gasteiger charge is 2.45. The molecule has 1 aromatic carbocycles. The molecule has 1 saturated carbocycles. The number of amides is 2. The Morgan fingerprint density at radius 3 is 2.65 bits per heavy atom. The van der Waals surface area contributed by atoms with Crippen molar-refractivity contribution in [3.63, 3.8) is 0 Å². The first-order valence-electron chi connectivity index (χ1n) is 9.76. The van der Waals surface area contributed by atoms with Crippen LogP contribution in [0.4, 0.5) is 5.69 Å². The van der Waals surface area contributed by atoms with Gasteiger partial charge in [0.05, 0.1) is 12.0 Å². The van der Waals surface area contributed by atoms with Gasteiger partial charge < -0.3 is 21.3 Å². The van der Waals surface area contributed by atoms with E-state index in [1.807, 2.05) is 0 Å². The van der Waals surface area contributed by atoms with Crippen LogP contribution in [-0.2, 0) is 16.1 Å². The van der Waals surface area contributed by atoms with E-state index in [0.717, 1.165) is 37.2 Å². The summed E-state index contributed by atoms with van der Waals surface area (Å²) in [5, 5.41) is 6.43. The zero-order chi connectivity index (χ0) is 18.1. The lowest BCUT2D eigenvalue weighted by atomic mass is 9.73. The average Bonchev–Trinajstić information content (AvgIpc) is 2.94. The van der Waals surface area contributed by atoms with Crippen LogP contribution in [0.2, 0.25) is 0 Å². The van der Waals surface area contributed by atoms with Crippen LogP contribution in [0.25, 0.3) is 0 Å². The Labute approximate surface area is 154 Å². The van der Waals surface area contributed by atoms with Crippen molar-refractivity contribution in [2.24, 2.45) is 23.5 Å². The van der Waals surface area contributed by atoms with E-state index in [2.05, 4.69) is 39.8 Å². The second-order valence-electron chi connectivity index (χ2n) is 7.96. The fourth-order valence-corrected chi connectivity index (χ4v) is 4.57. The highest BCUT2D eigenvalue weighted by molar-refractivity contribution is 5.82. The first-order valence-corrected chi connectivity index (χ1v) is 9.76. The number of nitrogens with zero attached hydrogens (tertiary/aromatic N) is 1. The van der Waals surface area contributed by atoms with Gasteiger partial charge in [0.2, 0.25) is 11.8 Å². The molecule has 1 unspecified atom stereocenters. The van der Waals surface area contributed by atoms with E-state index in [-0.39, 0.29) is 23.8 Å². The Hall–Kier alpha value is -2.08. The minimum atomic E-state index is -0.205. The van der Waals surface area contributed by atoms with Gasteiger partial charge in [0.15, 0.2) is 0 Å². The Kier molecular flexibility index (Phi) is 4.85. The topological polar surface area (TPSA) is 87.5 Å². The van der Waals surface area contributed by atoms with Crippen molar-refractivity contribution in [3.05, 3.63) is 29.8 Å². The maximum Gasteiger partial charge on any atom is 0.237 e. The van der Waals surface area contributed by atoms with E-state index < -0.39 is 0 Å². The number of hydrogen-bond acceptors (Lipinski definition) is 4. The number of carbonyl (C=O) groups is 2. The van der Waals surface area contributed by atoms with Gasteiger partial charge in [-0.1, -0.05) is 12.1 Å². The summed E-state index contributed by atoms with van der Waals surface area (Å²) in [4.78, 5) is 26.1. The van der Waals surface area contributed by atoms with Crippen LogP contribution < -0.4 is 21.3 Å². The summed E-state index contributed by atoms with van der Waals surface area (Å²) in [6, 6.07) is 8.24. The minimum absolute atomic E-state index is 0.00731. The molecule has 4 atom stereocenters. The van der Waals surface area contributed by atoms with E-state index in [1.54, 1.807) is 0 Å². The molecule has 2 amide bonds. The first kappa shape index (κ1) is 17.3. The molecule has 6 heteroatoms. The van der Waals surface area contributed by atoms with Crippen LogP contribution in [0.5, 0.6) is 0 Å². The summed E-state index contributed by atoms with van der Waals surface area (Å²) >= 11 is 0. The molecule has 0 spiro atoms. The van der Waals surface area contributed by atoms with Gasteiger partial charge in [-0.15, -0.1) is 0 Å². The van der Waals surface area contributed by atoms with Gasteiger partial charge >= 0.3 is 0 Å². The maximum absolute atomic E-state index is 12.4. The van der Waals surface area contributed by atoms with Crippen molar-refractivity contribution in [3.8, 4) is 0 Å². The number of carbonyl (C=O) groups excluding carboxylic acids is 2. The number of fused-ring (bicyclic) bond motifs is 1. The first-order chi connectivity index (χ1) is 12.6. The SMILES string of the molecule is NC(=O)C1CCCN(c2ccc(CNC(=O)[C@@H]3NC[C@@H]4CC[C@@H]43)cc2)C1. The van der Waals surface area contributed by atoms with Crippen molar-refractivity contribution >= 4 is 17.5 Å². The summed E-state index contributed by atoms with van der Waals surface area (Å²) in [5.74, 6) is 1.11. The maximum atomic E-state index is 12.4. The van der Waals surface area contributed by atoms with Crippen LogP contribution in [-0.4, -0.2) is 37.5 Å². The van der Waals surface area contributed by atoms with Crippen molar-refractivity contribution in [1.82, 2.24) is 10.6 Å². The van der Waals surface area contributed by atoms with Crippen LogP contribution in [0, 0.1) is 17.8 Å². The Balaban J connectivity index is 1.30. The highest BCUT2D eigenvalue weighted by atomic mass is 16.2. The number of primary amides is 1. The highest BCUT2D eigenvalue weighted by Crippen LogP contribution is 2.40. The molecule has 0 aromatic heterocycles. The van der Waals surface area contributed by atoms with Crippen molar-refractivity contribution < 1.29 is 9.59 Å². The fourth-order valence-electron chi connectivity index (χ4n) is 4.57. The summed E-state index contributed by atoms with van der Waals surface area (Å²) < 4.78 is 0. The van der Waals surface area contributed by atoms with E-state index in [1.165, 1.54) is 12.8 Å². The molecule has 1 aliphatic carbocycles. The number of nitrogens with two attached hydrogens (primary N) is 1. The summed E-state index contributed by atoms with van der Waals surface area (Å²) in [6.45, 7) is 3.19. The van der Waals surface area contributed by atoms with Gasteiger partial charge in [0.25, 0.3) is 0 Å². The Morgan fingerprint density at radius 2 is 2.00 bits per heavy atom. The monoisotopic (exact) mass is 356 g/mol. The minimum Gasteiger partial charge on any atom is -0.371 e. The van der Waals surface area contributed by atoms with Crippen LogP contribution in [0.1, 0.15) is 31.2 Å². The molecule has 26 heavy (non-hydrogen) atoms. The van der Waals surface area contributed by atoms with Crippen LogP contribution in [0.15, 0.2) is 24.3 Å². The molecule has 140 valence electrons. The number of anilines is 1. The van der Waals surface area contributed by atoms with Crippen LogP contribution in [0.3, 0.4) is 0 Å². The average molecular weight is 356 g/mol. The lowest BCUT2D eigenvalue weighted by Crippen LogP contribution is -2.45. The normalized spacial score (nSPS) is 30.4. The standard InChI is InChI=1S/C20H28N4O2/c21-19(25)15-2-1-9-24(12-15)16-6-3-13(4-7-16)10-23-20(26)18-17-8-5-14(17)11-22-18/h3-4,6-7,14-15,17-18,22H,1-2,5,8-12H2,(H2,21,25)(H,23,26)/t14-,15?,17-,18+/m0/s1. The predicted molar refractivity (Wildman–Crippen MR) is 100 cm³/mol. The zero-order valence-corrected chi connectivity index (χ0v) is 15.1. The van der Waals surface area contributed by atoms with Gasteiger partial charge in [0.1, 0.15) is 0 Å². The van der Waals surface area contributed by atoms with E-state index >= 15 is 0 Å². The number of benzene rings is 1. The van der Waals surface area contributed by atoms with Gasteiger partial charge in [-0.25, -0.2) is 0 Å². The van der Waals surface area contributed by atoms with Crippen LogP contribution >= 0.6 is 0 Å². The number of piperidine rings is 1. The molecule has 1 aromatic rings. The molecule has 2 heterocycles. The van der Waals surface area contributed by atoms with Gasteiger partial charge in [-0.3, -0.25) is 9.59 Å². The Bertz CT molecular complexity index is 675. The zero-order valence-electron chi connectivity index (χ0n) is 15.1. The smallest absolute Gasteiger partial charge is 0.237 e. The second-order valence-corrected chi connectivity index (χ2v) is 7.96. The molecule has 0 radical (unpaired) electrons. The molecule has 3 aliphatic rings. The summed E-state index contributed by atoms with van der Waals surface area (Å²) in [5.41, 5.74) is 7.67. The Morgan fingerprint density at radius 1 is 1.19 bits per heavy atom. The van der Waals surface area contributed by atoms with Gasteiger partial charge in [-0.05, 0) is 61.8 Å². The largest absolute Gasteiger partial charge is 0.371 e. The molecular weight excluding hydrogens is 328 g/mol. The van der Waals surface area contributed by atoms with Crippen molar-refractivity contribution in [1.29, 1.82) is 0 Å². The lowest BCUT2D eigenvalue weighted by Gasteiger charge is -2.33. The molecule has 4 N–H and O–H groups in total. The van der Waals surface area contributed by atoms with Crippen molar-refractivity contribution in [2.75, 3.05) is 24.5 Å². The number of hydrogen-bond donors (Lipinski definition) is 3. The van der Waals surface area contributed by atoms with Gasteiger partial charge in [-0.2, -0.15) is 0 Å².